The SMILES string of the molecule is CCN(c1cc(-c2ccc(OCCOCCOCC(=O)N[C@H](C(=O)N3C[C@H](O)C[C@H]3C(=O)N[C@@H](C)c3ccc(-c4sccc4C)cc3)C(C)(C)C)cc2)cc(C(=O)NCc2c(C)cc(C)[nH]c2=O)c1C)C1CCOCC1. The molecule has 0 bridgehead atoms. The van der Waals surface area contributed by atoms with E-state index in [1.54, 1.807) is 11.3 Å². The molecule has 4 atom stereocenters. The fourth-order valence-corrected chi connectivity index (χ4v) is 11.0. The van der Waals surface area contributed by atoms with E-state index in [0.29, 0.717) is 30.1 Å². The summed E-state index contributed by atoms with van der Waals surface area (Å²) in [6.07, 6.45) is 0.977. The van der Waals surface area contributed by atoms with Crippen LogP contribution in [-0.4, -0.2) is 122 Å². The molecule has 17 heteroatoms. The van der Waals surface area contributed by atoms with Crippen LogP contribution in [0.5, 0.6) is 5.75 Å². The van der Waals surface area contributed by atoms with Crippen molar-refractivity contribution in [3.63, 3.8) is 0 Å². The molecule has 0 radical (unpaired) electrons. The number of aryl methyl sites for hydroxylation is 3. The number of aliphatic hydroxyl groups is 1. The van der Waals surface area contributed by atoms with Crippen LogP contribution in [0, 0.1) is 33.1 Å². The maximum Gasteiger partial charge on any atom is 0.253 e. The van der Waals surface area contributed by atoms with Gasteiger partial charge in [-0.3, -0.25) is 24.0 Å². The summed E-state index contributed by atoms with van der Waals surface area (Å²) in [6, 6.07) is 21.8. The number of aliphatic hydroxyl groups excluding tert-OH is 1. The number of hydrogen-bond donors (Lipinski definition) is 5. The lowest BCUT2D eigenvalue weighted by atomic mass is 9.85. The lowest BCUT2D eigenvalue weighted by Crippen LogP contribution is -2.58. The molecule has 408 valence electrons. The van der Waals surface area contributed by atoms with Gasteiger partial charge in [0.05, 0.1) is 32.0 Å². The van der Waals surface area contributed by atoms with Crippen molar-refractivity contribution in [3.05, 3.63) is 128 Å². The van der Waals surface area contributed by atoms with Gasteiger partial charge in [-0.25, -0.2) is 0 Å². The fraction of sp³-hybridized carbons (Fsp3) is 0.475. The van der Waals surface area contributed by atoms with E-state index in [1.807, 2.05) is 109 Å². The summed E-state index contributed by atoms with van der Waals surface area (Å²) in [5.74, 6) is -0.942. The van der Waals surface area contributed by atoms with Gasteiger partial charge < -0.3 is 54.8 Å². The van der Waals surface area contributed by atoms with Gasteiger partial charge in [0.25, 0.3) is 11.5 Å². The number of aromatic amines is 1. The first-order chi connectivity index (χ1) is 36.3. The zero-order valence-corrected chi connectivity index (χ0v) is 46.3. The van der Waals surface area contributed by atoms with Gasteiger partial charge in [-0.05, 0) is 141 Å². The number of amides is 4. The monoisotopic (exact) mass is 1060 g/mol. The molecule has 2 fully saturated rings. The summed E-state index contributed by atoms with van der Waals surface area (Å²) in [4.78, 5) is 75.5. The number of pyridine rings is 1. The van der Waals surface area contributed by atoms with Gasteiger partial charge in [0.1, 0.15) is 31.0 Å². The summed E-state index contributed by atoms with van der Waals surface area (Å²) >= 11 is 1.68. The Morgan fingerprint density at radius 1 is 0.868 bits per heavy atom. The molecule has 2 aliphatic rings. The summed E-state index contributed by atoms with van der Waals surface area (Å²) in [7, 11) is 0. The summed E-state index contributed by atoms with van der Waals surface area (Å²) in [5, 5.41) is 21.6. The average molecular weight is 1060 g/mol. The second-order valence-corrected chi connectivity index (χ2v) is 21.9. The maximum atomic E-state index is 14.1. The van der Waals surface area contributed by atoms with Crippen molar-refractivity contribution in [3.8, 4) is 27.3 Å². The topological polar surface area (TPSA) is 201 Å². The number of aromatic nitrogens is 1. The molecule has 0 unspecified atom stereocenters. The van der Waals surface area contributed by atoms with Gasteiger partial charge >= 0.3 is 0 Å². The van der Waals surface area contributed by atoms with Crippen LogP contribution in [0.2, 0.25) is 0 Å². The van der Waals surface area contributed by atoms with Crippen LogP contribution in [0.15, 0.2) is 83.0 Å². The van der Waals surface area contributed by atoms with Crippen molar-refractivity contribution >= 4 is 40.7 Å². The second-order valence-electron chi connectivity index (χ2n) is 21.0. The molecule has 7 rings (SSSR count). The number of H-pyrrole nitrogens is 1. The summed E-state index contributed by atoms with van der Waals surface area (Å²) < 4.78 is 23.0. The number of nitrogens with zero attached hydrogens (tertiary/aromatic N) is 2. The van der Waals surface area contributed by atoms with Crippen LogP contribution in [0.3, 0.4) is 0 Å². The minimum atomic E-state index is -0.988. The molecule has 4 amide bonds. The van der Waals surface area contributed by atoms with Gasteiger partial charge in [-0.15, -0.1) is 11.3 Å². The van der Waals surface area contributed by atoms with Crippen molar-refractivity contribution in [2.45, 2.75) is 118 Å². The van der Waals surface area contributed by atoms with Gasteiger partial charge in [-0.2, -0.15) is 0 Å². The number of hydrogen-bond acceptors (Lipinski definition) is 12. The van der Waals surface area contributed by atoms with E-state index >= 15 is 0 Å². The van der Waals surface area contributed by atoms with Crippen LogP contribution < -0.4 is 31.1 Å². The Kier molecular flexibility index (Phi) is 19.7. The zero-order valence-electron chi connectivity index (χ0n) is 45.5. The molecule has 2 saturated heterocycles. The van der Waals surface area contributed by atoms with Crippen molar-refractivity contribution in [2.75, 3.05) is 64.2 Å². The van der Waals surface area contributed by atoms with E-state index in [4.69, 9.17) is 18.9 Å². The van der Waals surface area contributed by atoms with Gasteiger partial charge in [0.2, 0.25) is 17.7 Å². The number of nitrogens with one attached hydrogen (secondary N) is 4. The van der Waals surface area contributed by atoms with Crippen LogP contribution in [-0.2, 0) is 35.1 Å². The van der Waals surface area contributed by atoms with Crippen LogP contribution in [0.1, 0.15) is 104 Å². The number of β-amino-alcohol motifs (C(OH)–C–C–N with tert-alkyl or cyclic N) is 1. The van der Waals surface area contributed by atoms with Gasteiger partial charge in [0, 0.05) is 72.7 Å². The largest absolute Gasteiger partial charge is 0.491 e. The number of carbonyl (C=O) groups excluding carboxylic acids is 4. The van der Waals surface area contributed by atoms with E-state index in [-0.39, 0.29) is 82.0 Å². The standard InChI is InChI=1S/C59H76N6O10S/c1-10-64(45-19-22-72-23-20-45)50-31-44(30-48(39(50)5)55(68)60-33-49-37(3)29-38(4)61-56(49)69)42-15-17-47(18-16-42)75-27-26-73-24-25-74-35-52(67)63-54(59(7,8)9)58(71)65-34-46(66)32-51(65)57(70)62-40(6)41-11-13-43(14-12-41)53-36(2)21-28-76-53/h11-18,21,28-31,40,45-46,51,54,66H,10,19-20,22-27,32-35H2,1-9H3,(H,60,68)(H,61,69)(H,62,70)(H,63,67)/t40-,46+,51-,54+/m0/s1. The van der Waals surface area contributed by atoms with Crippen molar-refractivity contribution in [2.24, 2.45) is 5.41 Å². The third-order valence-electron chi connectivity index (χ3n) is 14.3. The van der Waals surface area contributed by atoms with Crippen LogP contribution >= 0.6 is 11.3 Å². The first-order valence-electron chi connectivity index (χ1n) is 26.4. The Labute approximate surface area is 450 Å². The minimum Gasteiger partial charge on any atom is -0.491 e. The Morgan fingerprint density at radius 3 is 2.21 bits per heavy atom. The van der Waals surface area contributed by atoms with E-state index in [9.17, 15) is 29.1 Å². The van der Waals surface area contributed by atoms with E-state index in [0.717, 1.165) is 64.1 Å². The highest BCUT2D eigenvalue weighted by Crippen LogP contribution is 2.35. The lowest BCUT2D eigenvalue weighted by molar-refractivity contribution is -0.144. The van der Waals surface area contributed by atoms with Gasteiger partial charge in [0.15, 0.2) is 0 Å². The molecule has 0 aliphatic carbocycles. The van der Waals surface area contributed by atoms with Crippen molar-refractivity contribution in [1.82, 2.24) is 25.8 Å². The number of likely N-dealkylation sites (tertiary alicyclic amines) is 1. The predicted molar refractivity (Wildman–Crippen MR) is 297 cm³/mol. The van der Waals surface area contributed by atoms with E-state index < -0.39 is 35.4 Å². The number of ether oxygens (including phenoxy) is 4. The average Bonchev–Trinajstić information content (AvgIpc) is 4.02. The molecule has 0 saturated carbocycles. The highest BCUT2D eigenvalue weighted by atomic mass is 32.1. The smallest absolute Gasteiger partial charge is 0.253 e. The Bertz CT molecular complexity index is 2850. The fourth-order valence-electron chi connectivity index (χ4n) is 10.0. The third-order valence-corrected chi connectivity index (χ3v) is 15.4. The third kappa shape index (κ3) is 14.6. The van der Waals surface area contributed by atoms with Crippen molar-refractivity contribution in [1.29, 1.82) is 0 Å². The second kappa shape index (κ2) is 26.1. The first kappa shape index (κ1) is 57.3. The molecule has 5 N–H and O–H groups in total. The molecule has 0 spiro atoms. The van der Waals surface area contributed by atoms with E-state index in [2.05, 4.69) is 57.2 Å². The number of benzene rings is 3. The highest BCUT2D eigenvalue weighted by Gasteiger charge is 2.45. The molecule has 16 nitrogen and oxygen atoms in total. The number of thiophene rings is 1. The molecular weight excluding hydrogens is 985 g/mol. The number of rotatable bonds is 22. The summed E-state index contributed by atoms with van der Waals surface area (Å²) in [6.45, 7) is 20.0. The molecule has 2 aromatic heterocycles. The molecule has 3 aromatic carbocycles. The number of anilines is 1. The van der Waals surface area contributed by atoms with Gasteiger partial charge in [-0.1, -0.05) is 57.2 Å². The van der Waals surface area contributed by atoms with Crippen LogP contribution in [0.25, 0.3) is 21.6 Å². The molecule has 5 aromatic rings. The van der Waals surface area contributed by atoms with Crippen molar-refractivity contribution < 1.29 is 43.2 Å². The highest BCUT2D eigenvalue weighted by molar-refractivity contribution is 7.13. The van der Waals surface area contributed by atoms with Crippen LogP contribution in [0.4, 0.5) is 5.69 Å². The van der Waals surface area contributed by atoms with E-state index in [1.165, 1.54) is 15.3 Å². The minimum absolute atomic E-state index is 0.0286. The normalized spacial score (nSPS) is 16.7. The Morgan fingerprint density at radius 2 is 1.55 bits per heavy atom. The summed E-state index contributed by atoms with van der Waals surface area (Å²) in [5.41, 5.74) is 8.56. The Balaban J connectivity index is 0.874. The predicted octanol–water partition coefficient (Wildman–Crippen LogP) is 7.72. The molecular formula is C59H76N6O10S. The lowest BCUT2D eigenvalue weighted by Gasteiger charge is -2.37. The molecule has 76 heavy (non-hydrogen) atoms. The molecule has 2 aliphatic heterocycles. The zero-order chi connectivity index (χ0) is 54.7. The quantitative estimate of drug-likeness (QED) is 0.0425. The number of carbonyl (C=O) groups is 4. The first-order valence-corrected chi connectivity index (χ1v) is 27.3. The maximum absolute atomic E-state index is 14.1. The Hall–Kier alpha value is -6.37. The molecule has 4 heterocycles.